The van der Waals surface area contributed by atoms with Gasteiger partial charge >= 0.3 is 0 Å². The van der Waals surface area contributed by atoms with E-state index in [9.17, 15) is 10.1 Å². The van der Waals surface area contributed by atoms with Gasteiger partial charge in [-0.3, -0.25) is 9.69 Å². The molecule has 1 atom stereocenters. The maximum atomic E-state index is 12.8. The quantitative estimate of drug-likeness (QED) is 0.841. The van der Waals surface area contributed by atoms with E-state index in [2.05, 4.69) is 35.2 Å². The van der Waals surface area contributed by atoms with Crippen LogP contribution in [0, 0.1) is 11.3 Å². The topological polar surface area (TPSA) is 47.3 Å². The van der Waals surface area contributed by atoms with Crippen LogP contribution in [0.2, 0.25) is 0 Å². The normalized spacial score (nSPS) is 20.3. The molecule has 2 aromatic carbocycles. The summed E-state index contributed by atoms with van der Waals surface area (Å²) in [4.78, 5) is 17.2. The number of nitrogens with zero attached hydrogens (tertiary/aromatic N) is 3. The number of nitriles is 1. The Bertz CT molecular complexity index is 846. The molecule has 1 amide bonds. The third kappa shape index (κ3) is 3.23. The van der Waals surface area contributed by atoms with Crippen molar-refractivity contribution >= 4 is 5.91 Å². The molecule has 26 heavy (non-hydrogen) atoms. The first-order valence-corrected chi connectivity index (χ1v) is 9.35. The Morgan fingerprint density at radius 1 is 0.962 bits per heavy atom. The number of amides is 1. The first kappa shape index (κ1) is 16.8. The lowest BCUT2D eigenvalue weighted by atomic mass is 9.87. The van der Waals surface area contributed by atoms with Crippen molar-refractivity contribution in [3.8, 4) is 6.07 Å². The van der Waals surface area contributed by atoms with Gasteiger partial charge in [-0.15, -0.1) is 0 Å². The van der Waals surface area contributed by atoms with Crippen molar-refractivity contribution in [3.05, 3.63) is 70.8 Å². The highest BCUT2D eigenvalue weighted by Crippen LogP contribution is 2.25. The molecule has 1 unspecified atom stereocenters. The highest BCUT2D eigenvalue weighted by molar-refractivity contribution is 5.96. The van der Waals surface area contributed by atoms with E-state index < -0.39 is 0 Å². The minimum atomic E-state index is -0.0178. The smallest absolute Gasteiger partial charge is 0.255 e. The highest BCUT2D eigenvalue weighted by atomic mass is 16.2. The van der Waals surface area contributed by atoms with Gasteiger partial charge in [-0.25, -0.2) is 0 Å². The summed E-state index contributed by atoms with van der Waals surface area (Å²) in [6.07, 6.45) is 3.46. The van der Waals surface area contributed by atoms with E-state index in [0.717, 1.165) is 39.0 Å². The predicted octanol–water partition coefficient (Wildman–Crippen LogP) is 2.87. The fraction of sp³-hybridized carbons (Fsp3) is 0.364. The van der Waals surface area contributed by atoms with Gasteiger partial charge in [0.2, 0.25) is 0 Å². The fourth-order valence-electron chi connectivity index (χ4n) is 4.22. The largest absolute Gasteiger partial charge is 0.336 e. The Morgan fingerprint density at radius 3 is 2.42 bits per heavy atom. The average molecular weight is 345 g/mol. The molecular formula is C22H23N3O. The zero-order valence-corrected chi connectivity index (χ0v) is 14.9. The molecule has 1 aliphatic heterocycles. The molecule has 2 aromatic rings. The molecule has 0 radical (unpaired) electrons. The number of carbonyl (C=O) groups excluding carboxylic acids is 1. The monoisotopic (exact) mass is 345 g/mol. The van der Waals surface area contributed by atoms with Gasteiger partial charge in [-0.2, -0.15) is 5.26 Å². The van der Waals surface area contributed by atoms with E-state index in [0.29, 0.717) is 17.2 Å². The van der Waals surface area contributed by atoms with Crippen LogP contribution in [0.1, 0.15) is 33.5 Å². The fourth-order valence-corrected chi connectivity index (χ4v) is 4.22. The lowest BCUT2D eigenvalue weighted by Crippen LogP contribution is -2.53. The summed E-state index contributed by atoms with van der Waals surface area (Å²) in [7, 11) is 0. The van der Waals surface area contributed by atoms with Gasteiger partial charge in [0.25, 0.3) is 5.91 Å². The van der Waals surface area contributed by atoms with Crippen molar-refractivity contribution in [3.63, 3.8) is 0 Å². The van der Waals surface area contributed by atoms with Crippen molar-refractivity contribution in [1.29, 1.82) is 5.26 Å². The predicted molar refractivity (Wildman–Crippen MR) is 101 cm³/mol. The number of carbonyl (C=O) groups is 1. The van der Waals surface area contributed by atoms with Crippen LogP contribution in [0.15, 0.2) is 48.5 Å². The third-order valence-electron chi connectivity index (χ3n) is 5.72. The van der Waals surface area contributed by atoms with Gasteiger partial charge in [0.05, 0.1) is 17.2 Å². The van der Waals surface area contributed by atoms with Crippen LogP contribution in [0.3, 0.4) is 0 Å². The molecule has 0 spiro atoms. The molecule has 2 aliphatic rings. The van der Waals surface area contributed by atoms with Gasteiger partial charge < -0.3 is 4.90 Å². The molecule has 0 N–H and O–H groups in total. The van der Waals surface area contributed by atoms with Crippen LogP contribution in [-0.4, -0.2) is 47.9 Å². The Morgan fingerprint density at radius 2 is 1.65 bits per heavy atom. The molecule has 1 heterocycles. The maximum Gasteiger partial charge on any atom is 0.255 e. The Labute approximate surface area is 154 Å². The lowest BCUT2D eigenvalue weighted by Gasteiger charge is -2.41. The molecule has 4 nitrogen and oxygen atoms in total. The Balaban J connectivity index is 1.39. The molecule has 1 saturated heterocycles. The van der Waals surface area contributed by atoms with Crippen molar-refractivity contribution < 1.29 is 4.79 Å². The maximum absolute atomic E-state index is 12.8. The number of hydrogen-bond acceptors (Lipinski definition) is 3. The van der Waals surface area contributed by atoms with Crippen LogP contribution >= 0.6 is 0 Å². The number of rotatable bonds is 2. The van der Waals surface area contributed by atoms with E-state index in [-0.39, 0.29) is 5.91 Å². The van der Waals surface area contributed by atoms with Gasteiger partial charge in [-0.05, 0) is 42.5 Å². The minimum absolute atomic E-state index is 0.0178. The molecule has 4 rings (SSSR count). The molecule has 0 bridgehead atoms. The number of benzene rings is 2. The van der Waals surface area contributed by atoms with Crippen molar-refractivity contribution in [2.45, 2.75) is 25.3 Å². The molecule has 1 fully saturated rings. The molecule has 0 saturated carbocycles. The molecule has 1 aliphatic carbocycles. The average Bonchev–Trinajstić information content (AvgIpc) is 2.73. The second-order valence-corrected chi connectivity index (χ2v) is 7.15. The van der Waals surface area contributed by atoms with Crippen LogP contribution < -0.4 is 0 Å². The first-order chi connectivity index (χ1) is 12.8. The number of hydrogen-bond donors (Lipinski definition) is 0. The second kappa shape index (κ2) is 7.31. The number of piperazine rings is 1. The summed E-state index contributed by atoms with van der Waals surface area (Å²) in [6, 6.07) is 18.5. The standard InChI is InChI=1S/C22H23N3O/c23-16-19-7-3-4-8-21(19)22(26)25-13-11-24(12-14-25)20-10-9-17-5-1-2-6-18(17)15-20/h1-8,20H,9-15H2. The van der Waals surface area contributed by atoms with Gasteiger partial charge in [-0.1, -0.05) is 36.4 Å². The van der Waals surface area contributed by atoms with Gasteiger partial charge in [0.15, 0.2) is 0 Å². The number of aryl methyl sites for hydroxylation is 1. The Kier molecular flexibility index (Phi) is 4.73. The van der Waals surface area contributed by atoms with Gasteiger partial charge in [0.1, 0.15) is 0 Å². The van der Waals surface area contributed by atoms with Crippen molar-refractivity contribution in [2.24, 2.45) is 0 Å². The lowest BCUT2D eigenvalue weighted by molar-refractivity contribution is 0.0553. The summed E-state index contributed by atoms with van der Waals surface area (Å²) in [5.74, 6) is -0.0178. The summed E-state index contributed by atoms with van der Waals surface area (Å²) in [6.45, 7) is 3.29. The molecule has 132 valence electrons. The zero-order chi connectivity index (χ0) is 17.9. The second-order valence-electron chi connectivity index (χ2n) is 7.15. The van der Waals surface area contributed by atoms with E-state index in [1.165, 1.54) is 17.5 Å². The van der Waals surface area contributed by atoms with Crippen molar-refractivity contribution in [1.82, 2.24) is 9.80 Å². The van der Waals surface area contributed by atoms with Crippen LogP contribution in [0.25, 0.3) is 0 Å². The molecular weight excluding hydrogens is 322 g/mol. The van der Waals surface area contributed by atoms with Gasteiger partial charge in [0, 0.05) is 32.2 Å². The van der Waals surface area contributed by atoms with E-state index in [4.69, 9.17) is 0 Å². The first-order valence-electron chi connectivity index (χ1n) is 9.35. The molecule has 0 aromatic heterocycles. The summed E-state index contributed by atoms with van der Waals surface area (Å²) in [5, 5.41) is 9.23. The van der Waals surface area contributed by atoms with Crippen LogP contribution in [0.5, 0.6) is 0 Å². The minimum Gasteiger partial charge on any atom is -0.336 e. The summed E-state index contributed by atoms with van der Waals surface area (Å²) < 4.78 is 0. The van der Waals surface area contributed by atoms with Crippen LogP contribution in [-0.2, 0) is 12.8 Å². The summed E-state index contributed by atoms with van der Waals surface area (Å²) >= 11 is 0. The van der Waals surface area contributed by atoms with Crippen LogP contribution in [0.4, 0.5) is 0 Å². The zero-order valence-electron chi connectivity index (χ0n) is 14.9. The number of fused-ring (bicyclic) bond motifs is 1. The summed E-state index contributed by atoms with van der Waals surface area (Å²) in [5.41, 5.74) is 3.95. The van der Waals surface area contributed by atoms with Crippen molar-refractivity contribution in [2.75, 3.05) is 26.2 Å². The molecule has 4 heteroatoms. The third-order valence-corrected chi connectivity index (χ3v) is 5.72. The Hall–Kier alpha value is -2.64. The van der Waals surface area contributed by atoms with E-state index >= 15 is 0 Å². The SMILES string of the molecule is N#Cc1ccccc1C(=O)N1CCN(C2CCc3ccccc3C2)CC1. The highest BCUT2D eigenvalue weighted by Gasteiger charge is 2.29. The van der Waals surface area contributed by atoms with E-state index in [1.807, 2.05) is 11.0 Å². The van der Waals surface area contributed by atoms with E-state index in [1.54, 1.807) is 18.2 Å².